The first-order chi connectivity index (χ1) is 13.8. The Morgan fingerprint density at radius 3 is 2.62 bits per heavy atom. The monoisotopic (exact) mass is 413 g/mol. The SMILES string of the molecule is CCCn1c(C)cc(/C=C(\C#N)C(=O)OCC(=O)Nc2ccc(Cl)cc2C)c1C. The topological polar surface area (TPSA) is 84.1 Å². The molecule has 1 aromatic carbocycles. The third kappa shape index (κ3) is 5.72. The van der Waals surface area contributed by atoms with Crippen LogP contribution >= 0.6 is 11.6 Å². The molecule has 2 aromatic rings. The molecule has 0 saturated heterocycles. The molecule has 0 fully saturated rings. The predicted octanol–water partition coefficient (Wildman–Crippen LogP) is 4.57. The van der Waals surface area contributed by atoms with Gasteiger partial charge in [-0.2, -0.15) is 5.26 Å². The zero-order valence-electron chi connectivity index (χ0n) is 17.0. The summed E-state index contributed by atoms with van der Waals surface area (Å²) < 4.78 is 7.15. The minimum atomic E-state index is -0.837. The van der Waals surface area contributed by atoms with Crippen LogP contribution in [0.25, 0.3) is 6.08 Å². The number of nitrogens with zero attached hydrogens (tertiary/aromatic N) is 2. The van der Waals surface area contributed by atoms with E-state index in [0.717, 1.165) is 35.5 Å². The van der Waals surface area contributed by atoms with Crippen LogP contribution in [0.4, 0.5) is 5.69 Å². The summed E-state index contributed by atoms with van der Waals surface area (Å²) in [6.45, 7) is 8.18. The van der Waals surface area contributed by atoms with Crippen LogP contribution in [0.5, 0.6) is 0 Å². The van der Waals surface area contributed by atoms with Crippen molar-refractivity contribution >= 4 is 35.2 Å². The van der Waals surface area contributed by atoms with E-state index in [1.807, 2.05) is 26.0 Å². The number of aryl methyl sites for hydroxylation is 2. The lowest BCUT2D eigenvalue weighted by Crippen LogP contribution is -2.21. The van der Waals surface area contributed by atoms with Gasteiger partial charge in [-0.15, -0.1) is 0 Å². The van der Waals surface area contributed by atoms with Crippen molar-refractivity contribution in [2.24, 2.45) is 0 Å². The number of amides is 1. The van der Waals surface area contributed by atoms with Crippen LogP contribution in [-0.4, -0.2) is 23.1 Å². The number of ether oxygens (including phenoxy) is 1. The Hall–Kier alpha value is -3.04. The van der Waals surface area contributed by atoms with Crippen molar-refractivity contribution < 1.29 is 14.3 Å². The van der Waals surface area contributed by atoms with Gasteiger partial charge < -0.3 is 14.6 Å². The normalized spacial score (nSPS) is 11.1. The van der Waals surface area contributed by atoms with E-state index in [0.29, 0.717) is 10.7 Å². The lowest BCUT2D eigenvalue weighted by molar-refractivity contribution is -0.142. The Morgan fingerprint density at radius 1 is 1.28 bits per heavy atom. The van der Waals surface area contributed by atoms with Gasteiger partial charge in [0, 0.05) is 28.6 Å². The predicted molar refractivity (Wildman–Crippen MR) is 114 cm³/mol. The van der Waals surface area contributed by atoms with Gasteiger partial charge in [-0.25, -0.2) is 4.79 Å². The molecule has 152 valence electrons. The number of halogens is 1. The number of rotatable bonds is 7. The second-order valence-electron chi connectivity index (χ2n) is 6.73. The molecule has 7 heteroatoms. The largest absolute Gasteiger partial charge is 0.451 e. The highest BCUT2D eigenvalue weighted by atomic mass is 35.5. The molecule has 1 amide bonds. The van der Waals surface area contributed by atoms with Gasteiger partial charge in [0.05, 0.1) is 0 Å². The van der Waals surface area contributed by atoms with Crippen molar-refractivity contribution in [2.45, 2.75) is 40.7 Å². The van der Waals surface area contributed by atoms with Gasteiger partial charge in [0.1, 0.15) is 11.6 Å². The molecule has 0 bridgehead atoms. The molecular formula is C22H24ClN3O3. The van der Waals surface area contributed by atoms with Crippen LogP contribution in [0.1, 0.15) is 35.9 Å². The summed E-state index contributed by atoms with van der Waals surface area (Å²) in [5, 5.41) is 12.6. The lowest BCUT2D eigenvalue weighted by atomic mass is 10.1. The summed E-state index contributed by atoms with van der Waals surface area (Å²) >= 11 is 5.89. The second-order valence-corrected chi connectivity index (χ2v) is 7.17. The van der Waals surface area contributed by atoms with Crippen LogP contribution in [0.2, 0.25) is 5.02 Å². The van der Waals surface area contributed by atoms with Crippen LogP contribution in [0.15, 0.2) is 29.8 Å². The fourth-order valence-electron chi connectivity index (χ4n) is 3.00. The fraction of sp³-hybridized carbons (Fsp3) is 0.318. The first-order valence-electron chi connectivity index (χ1n) is 9.28. The molecule has 0 atom stereocenters. The molecule has 0 radical (unpaired) electrons. The molecule has 1 N–H and O–H groups in total. The number of aromatic nitrogens is 1. The molecule has 0 spiro atoms. The highest BCUT2D eigenvalue weighted by molar-refractivity contribution is 6.30. The lowest BCUT2D eigenvalue weighted by Gasteiger charge is -2.09. The maximum absolute atomic E-state index is 12.3. The van der Waals surface area contributed by atoms with Crippen LogP contribution in [0, 0.1) is 32.1 Å². The van der Waals surface area contributed by atoms with Gasteiger partial charge in [-0.1, -0.05) is 18.5 Å². The number of hydrogen-bond acceptors (Lipinski definition) is 4. The van der Waals surface area contributed by atoms with E-state index in [2.05, 4.69) is 16.8 Å². The van der Waals surface area contributed by atoms with E-state index >= 15 is 0 Å². The first-order valence-corrected chi connectivity index (χ1v) is 9.66. The highest BCUT2D eigenvalue weighted by Gasteiger charge is 2.16. The minimum absolute atomic E-state index is 0.155. The summed E-state index contributed by atoms with van der Waals surface area (Å²) in [4.78, 5) is 24.3. The number of benzene rings is 1. The van der Waals surface area contributed by atoms with Crippen LogP contribution in [-0.2, 0) is 20.9 Å². The zero-order valence-corrected chi connectivity index (χ0v) is 17.8. The van der Waals surface area contributed by atoms with E-state index in [9.17, 15) is 14.9 Å². The van der Waals surface area contributed by atoms with Gasteiger partial charge in [0.25, 0.3) is 5.91 Å². The van der Waals surface area contributed by atoms with Crippen LogP contribution < -0.4 is 5.32 Å². The molecule has 0 saturated carbocycles. The smallest absolute Gasteiger partial charge is 0.349 e. The van der Waals surface area contributed by atoms with Crippen molar-refractivity contribution in [2.75, 3.05) is 11.9 Å². The molecule has 0 unspecified atom stereocenters. The molecule has 2 rings (SSSR count). The van der Waals surface area contributed by atoms with Crippen molar-refractivity contribution in [3.63, 3.8) is 0 Å². The molecule has 0 aliphatic carbocycles. The number of esters is 1. The Morgan fingerprint density at radius 2 is 2.00 bits per heavy atom. The summed E-state index contributed by atoms with van der Waals surface area (Å²) in [7, 11) is 0. The minimum Gasteiger partial charge on any atom is -0.451 e. The average Bonchev–Trinajstić information content (AvgIpc) is 2.94. The number of anilines is 1. The summed E-state index contributed by atoms with van der Waals surface area (Å²) in [6, 6.07) is 8.82. The Labute approximate surface area is 175 Å². The Balaban J connectivity index is 2.05. The molecule has 1 aromatic heterocycles. The third-order valence-corrected chi connectivity index (χ3v) is 4.73. The van der Waals surface area contributed by atoms with Gasteiger partial charge >= 0.3 is 5.97 Å². The van der Waals surface area contributed by atoms with Gasteiger partial charge in [-0.05, 0) is 68.7 Å². The maximum Gasteiger partial charge on any atom is 0.349 e. The van der Waals surface area contributed by atoms with Gasteiger partial charge in [0.15, 0.2) is 6.61 Å². The molecule has 0 aliphatic rings. The van der Waals surface area contributed by atoms with Gasteiger partial charge in [0.2, 0.25) is 0 Å². The first kappa shape index (κ1) is 22.3. The number of hydrogen-bond donors (Lipinski definition) is 1. The van der Waals surface area contributed by atoms with E-state index in [1.54, 1.807) is 25.1 Å². The molecule has 0 aliphatic heterocycles. The molecule has 29 heavy (non-hydrogen) atoms. The van der Waals surface area contributed by atoms with Crippen molar-refractivity contribution in [3.8, 4) is 6.07 Å². The third-order valence-electron chi connectivity index (χ3n) is 4.50. The summed E-state index contributed by atoms with van der Waals surface area (Å²) in [6.07, 6.45) is 2.48. The Kier molecular flexibility index (Phi) is 7.63. The number of carbonyl (C=O) groups is 2. The van der Waals surface area contributed by atoms with Crippen molar-refractivity contribution in [3.05, 3.63) is 57.4 Å². The van der Waals surface area contributed by atoms with E-state index in [-0.39, 0.29) is 5.57 Å². The summed E-state index contributed by atoms with van der Waals surface area (Å²) in [5.74, 6) is -1.34. The van der Waals surface area contributed by atoms with Gasteiger partial charge in [-0.3, -0.25) is 4.79 Å². The van der Waals surface area contributed by atoms with Crippen LogP contribution in [0.3, 0.4) is 0 Å². The second kappa shape index (κ2) is 9.94. The standard InChI is InChI=1S/C22H24ClN3O3/c1-5-8-26-15(3)10-17(16(26)4)11-18(12-24)22(28)29-13-21(27)25-20-7-6-19(23)9-14(20)2/h6-7,9-11H,5,8,13H2,1-4H3,(H,25,27)/b18-11+. The number of nitriles is 1. The van der Waals surface area contributed by atoms with E-state index < -0.39 is 18.5 Å². The quantitative estimate of drug-likeness (QED) is 0.409. The van der Waals surface area contributed by atoms with E-state index in [4.69, 9.17) is 16.3 Å². The highest BCUT2D eigenvalue weighted by Crippen LogP contribution is 2.20. The fourth-order valence-corrected chi connectivity index (χ4v) is 3.22. The van der Waals surface area contributed by atoms with E-state index in [1.165, 1.54) is 6.08 Å². The van der Waals surface area contributed by atoms with Crippen molar-refractivity contribution in [1.29, 1.82) is 5.26 Å². The molecular weight excluding hydrogens is 390 g/mol. The average molecular weight is 414 g/mol. The Bertz CT molecular complexity index is 999. The molecule has 6 nitrogen and oxygen atoms in total. The zero-order chi connectivity index (χ0) is 21.6. The summed E-state index contributed by atoms with van der Waals surface area (Å²) in [5.41, 5.74) is 4.02. The number of carbonyl (C=O) groups excluding carboxylic acids is 2. The number of nitrogens with one attached hydrogen (secondary N) is 1. The molecule has 1 heterocycles. The maximum atomic E-state index is 12.3. The van der Waals surface area contributed by atoms with Crippen molar-refractivity contribution in [1.82, 2.24) is 4.57 Å².